The average molecular weight is 365 g/mol. The predicted molar refractivity (Wildman–Crippen MR) is 101 cm³/mol. The number of amides is 1. The van der Waals surface area contributed by atoms with Crippen LogP contribution in [0.25, 0.3) is 11.3 Å². The van der Waals surface area contributed by atoms with Crippen LogP contribution in [0.15, 0.2) is 47.4 Å². The van der Waals surface area contributed by atoms with Crippen molar-refractivity contribution in [2.75, 3.05) is 13.7 Å². The first-order valence-electron chi connectivity index (χ1n) is 8.48. The van der Waals surface area contributed by atoms with Gasteiger partial charge in [0.05, 0.1) is 18.0 Å². The molecular weight excluding hydrogens is 346 g/mol. The van der Waals surface area contributed by atoms with Gasteiger partial charge in [0.15, 0.2) is 0 Å². The van der Waals surface area contributed by atoms with Crippen LogP contribution in [0.1, 0.15) is 27.2 Å². The quantitative estimate of drug-likeness (QED) is 0.709. The average Bonchev–Trinajstić information content (AvgIpc) is 3.22. The lowest BCUT2D eigenvalue weighted by Gasteiger charge is -2.29. The SMILES string of the molecule is COCc1ccc(C(=O)N2CCc3ncnc(-c4ccsc4)c3C2)cc1. The normalized spacial score (nSPS) is 13.5. The van der Waals surface area contributed by atoms with Crippen LogP contribution in [-0.4, -0.2) is 34.4 Å². The van der Waals surface area contributed by atoms with Crippen molar-refractivity contribution in [3.63, 3.8) is 0 Å². The van der Waals surface area contributed by atoms with E-state index in [9.17, 15) is 4.79 Å². The Morgan fingerprint density at radius 2 is 2.08 bits per heavy atom. The molecule has 0 saturated carbocycles. The van der Waals surface area contributed by atoms with E-state index in [0.717, 1.165) is 34.5 Å². The summed E-state index contributed by atoms with van der Waals surface area (Å²) in [5, 5.41) is 4.12. The number of methoxy groups -OCH3 is 1. The molecule has 0 bridgehead atoms. The Kier molecular flexibility index (Phi) is 4.77. The van der Waals surface area contributed by atoms with E-state index in [-0.39, 0.29) is 5.91 Å². The minimum absolute atomic E-state index is 0.0414. The molecule has 0 atom stereocenters. The lowest BCUT2D eigenvalue weighted by Crippen LogP contribution is -2.36. The van der Waals surface area contributed by atoms with Crippen molar-refractivity contribution < 1.29 is 9.53 Å². The summed E-state index contributed by atoms with van der Waals surface area (Å²) in [6.07, 6.45) is 2.38. The summed E-state index contributed by atoms with van der Waals surface area (Å²) in [7, 11) is 1.66. The van der Waals surface area contributed by atoms with Gasteiger partial charge in [-0.3, -0.25) is 4.79 Å². The summed E-state index contributed by atoms with van der Waals surface area (Å²) in [5.41, 5.74) is 5.88. The fourth-order valence-electron chi connectivity index (χ4n) is 3.26. The molecule has 0 radical (unpaired) electrons. The Morgan fingerprint density at radius 3 is 2.81 bits per heavy atom. The predicted octanol–water partition coefficient (Wildman–Crippen LogP) is 3.55. The third-order valence-corrected chi connectivity index (χ3v) is 5.28. The number of carbonyl (C=O) groups excluding carboxylic acids is 1. The molecule has 1 amide bonds. The maximum atomic E-state index is 12.9. The number of aromatic nitrogens is 2. The van der Waals surface area contributed by atoms with Crippen LogP contribution in [-0.2, 0) is 24.3 Å². The highest BCUT2D eigenvalue weighted by Crippen LogP contribution is 2.29. The monoisotopic (exact) mass is 365 g/mol. The van der Waals surface area contributed by atoms with E-state index in [1.165, 1.54) is 0 Å². The Bertz CT molecular complexity index is 907. The highest BCUT2D eigenvalue weighted by molar-refractivity contribution is 7.08. The summed E-state index contributed by atoms with van der Waals surface area (Å²) in [6, 6.07) is 9.67. The third kappa shape index (κ3) is 3.25. The molecule has 132 valence electrons. The first kappa shape index (κ1) is 16.9. The van der Waals surface area contributed by atoms with Crippen LogP contribution in [0.3, 0.4) is 0 Å². The van der Waals surface area contributed by atoms with Gasteiger partial charge in [0.2, 0.25) is 0 Å². The molecule has 1 aliphatic rings. The van der Waals surface area contributed by atoms with Crippen molar-refractivity contribution in [1.29, 1.82) is 0 Å². The van der Waals surface area contributed by atoms with Crippen molar-refractivity contribution in [2.24, 2.45) is 0 Å². The fourth-order valence-corrected chi connectivity index (χ4v) is 3.90. The van der Waals surface area contributed by atoms with Gasteiger partial charge in [0.25, 0.3) is 5.91 Å². The van der Waals surface area contributed by atoms with Gasteiger partial charge in [-0.2, -0.15) is 11.3 Å². The van der Waals surface area contributed by atoms with Gasteiger partial charge in [0.1, 0.15) is 6.33 Å². The highest BCUT2D eigenvalue weighted by atomic mass is 32.1. The Hall–Kier alpha value is -2.57. The number of hydrogen-bond acceptors (Lipinski definition) is 5. The number of ether oxygens (including phenoxy) is 1. The zero-order valence-electron chi connectivity index (χ0n) is 14.5. The van der Waals surface area contributed by atoms with E-state index in [1.807, 2.05) is 34.5 Å². The Balaban J connectivity index is 1.59. The first-order valence-corrected chi connectivity index (χ1v) is 9.43. The van der Waals surface area contributed by atoms with Crippen LogP contribution < -0.4 is 0 Å². The van der Waals surface area contributed by atoms with E-state index in [0.29, 0.717) is 25.3 Å². The molecule has 0 N–H and O–H groups in total. The standard InChI is InChI=1S/C20H19N3O2S/c1-25-11-14-2-4-15(5-3-14)20(24)23-8-6-18-17(10-23)19(22-13-21-18)16-7-9-26-12-16/h2-5,7,9,12-13H,6,8,10-11H2,1H3. The van der Waals surface area contributed by atoms with Crippen LogP contribution in [0.2, 0.25) is 0 Å². The molecule has 0 aliphatic carbocycles. The van der Waals surface area contributed by atoms with Crippen molar-refractivity contribution in [3.05, 3.63) is 69.8 Å². The largest absolute Gasteiger partial charge is 0.380 e. The van der Waals surface area contributed by atoms with E-state index >= 15 is 0 Å². The topological polar surface area (TPSA) is 55.3 Å². The highest BCUT2D eigenvalue weighted by Gasteiger charge is 2.25. The van der Waals surface area contributed by atoms with E-state index in [4.69, 9.17) is 4.74 Å². The molecule has 2 aromatic heterocycles. The Morgan fingerprint density at radius 1 is 1.23 bits per heavy atom. The molecule has 3 aromatic rings. The summed E-state index contributed by atoms with van der Waals surface area (Å²) >= 11 is 1.64. The molecule has 1 aromatic carbocycles. The van der Waals surface area contributed by atoms with Crippen molar-refractivity contribution in [1.82, 2.24) is 14.9 Å². The second kappa shape index (κ2) is 7.35. The number of carbonyl (C=O) groups is 1. The fraction of sp³-hybridized carbons (Fsp3) is 0.250. The minimum Gasteiger partial charge on any atom is -0.380 e. The summed E-state index contributed by atoms with van der Waals surface area (Å²) in [5.74, 6) is 0.0414. The number of benzene rings is 1. The van der Waals surface area contributed by atoms with Gasteiger partial charge in [0, 0.05) is 48.7 Å². The van der Waals surface area contributed by atoms with Crippen molar-refractivity contribution in [3.8, 4) is 11.3 Å². The molecule has 4 rings (SSSR count). The minimum atomic E-state index is 0.0414. The van der Waals surface area contributed by atoms with E-state index in [1.54, 1.807) is 24.8 Å². The number of fused-ring (bicyclic) bond motifs is 1. The lowest BCUT2D eigenvalue weighted by molar-refractivity contribution is 0.0733. The maximum absolute atomic E-state index is 12.9. The second-order valence-electron chi connectivity index (χ2n) is 6.27. The summed E-state index contributed by atoms with van der Waals surface area (Å²) < 4.78 is 5.12. The Labute approximate surface area is 156 Å². The second-order valence-corrected chi connectivity index (χ2v) is 7.05. The third-order valence-electron chi connectivity index (χ3n) is 4.60. The van der Waals surface area contributed by atoms with Crippen LogP contribution in [0, 0.1) is 0 Å². The zero-order valence-corrected chi connectivity index (χ0v) is 15.3. The zero-order chi connectivity index (χ0) is 17.9. The number of thiophene rings is 1. The smallest absolute Gasteiger partial charge is 0.254 e. The molecule has 3 heterocycles. The molecule has 0 fully saturated rings. The van der Waals surface area contributed by atoms with E-state index in [2.05, 4.69) is 21.4 Å². The number of hydrogen-bond donors (Lipinski definition) is 0. The molecule has 1 aliphatic heterocycles. The van der Waals surface area contributed by atoms with Crippen LogP contribution >= 0.6 is 11.3 Å². The molecule has 5 nitrogen and oxygen atoms in total. The van der Waals surface area contributed by atoms with Crippen LogP contribution in [0.4, 0.5) is 0 Å². The molecule has 0 spiro atoms. The molecule has 0 unspecified atom stereocenters. The van der Waals surface area contributed by atoms with Gasteiger partial charge >= 0.3 is 0 Å². The molecular formula is C20H19N3O2S. The lowest BCUT2D eigenvalue weighted by atomic mass is 10.00. The van der Waals surface area contributed by atoms with Gasteiger partial charge in [-0.05, 0) is 29.1 Å². The molecule has 0 saturated heterocycles. The van der Waals surface area contributed by atoms with Crippen molar-refractivity contribution in [2.45, 2.75) is 19.6 Å². The van der Waals surface area contributed by atoms with Crippen LogP contribution in [0.5, 0.6) is 0 Å². The molecule has 26 heavy (non-hydrogen) atoms. The molecule has 6 heteroatoms. The summed E-state index contributed by atoms with van der Waals surface area (Å²) in [4.78, 5) is 23.7. The number of nitrogens with zero attached hydrogens (tertiary/aromatic N) is 3. The van der Waals surface area contributed by atoms with E-state index < -0.39 is 0 Å². The van der Waals surface area contributed by atoms with Gasteiger partial charge in [-0.25, -0.2) is 9.97 Å². The van der Waals surface area contributed by atoms with Gasteiger partial charge in [-0.15, -0.1) is 0 Å². The van der Waals surface area contributed by atoms with Gasteiger partial charge < -0.3 is 9.64 Å². The maximum Gasteiger partial charge on any atom is 0.254 e. The number of rotatable bonds is 4. The van der Waals surface area contributed by atoms with Crippen molar-refractivity contribution >= 4 is 17.2 Å². The first-order chi connectivity index (χ1) is 12.8. The summed E-state index contributed by atoms with van der Waals surface area (Å²) in [6.45, 7) is 1.76. The van der Waals surface area contributed by atoms with Gasteiger partial charge in [-0.1, -0.05) is 12.1 Å².